The molecule has 3 aromatic carbocycles. The molecule has 160 valence electrons. The number of hydrogen-bond acceptors (Lipinski definition) is 3. The predicted octanol–water partition coefficient (Wildman–Crippen LogP) is 5.19. The number of anilines is 3. The Kier molecular flexibility index (Phi) is 7.20. The first-order chi connectivity index (χ1) is 14.8. The van der Waals surface area contributed by atoms with Crippen LogP contribution in [0.5, 0.6) is 0 Å². The fraction of sp³-hybridized carbons (Fsp3) is 0.167. The van der Waals surface area contributed by atoms with Crippen LogP contribution in [0.25, 0.3) is 0 Å². The topological polar surface area (TPSA) is 56.4 Å². The van der Waals surface area contributed by atoms with E-state index in [-0.39, 0.29) is 17.8 Å². The van der Waals surface area contributed by atoms with E-state index in [4.69, 9.17) is 12.2 Å². The van der Waals surface area contributed by atoms with Gasteiger partial charge in [0, 0.05) is 36.7 Å². The van der Waals surface area contributed by atoms with Crippen LogP contribution in [0.2, 0.25) is 0 Å². The van der Waals surface area contributed by atoms with Gasteiger partial charge in [0.15, 0.2) is 5.11 Å². The van der Waals surface area contributed by atoms with Crippen molar-refractivity contribution in [2.24, 2.45) is 0 Å². The average molecular weight is 437 g/mol. The number of hydrogen-bond donors (Lipinski definition) is 3. The van der Waals surface area contributed by atoms with Crippen LogP contribution in [0.3, 0.4) is 0 Å². The van der Waals surface area contributed by atoms with E-state index in [1.54, 1.807) is 36.4 Å². The van der Waals surface area contributed by atoms with Gasteiger partial charge in [-0.3, -0.25) is 4.79 Å². The lowest BCUT2D eigenvalue weighted by atomic mass is 10.1. The standard InChI is InChI=1S/C24H25FN4OS/c1-16(17-4-8-19(25)9-5-17)26-24(31)28-21-12-10-20(11-13-21)27-23(30)18-6-14-22(15-7-18)29(2)3/h4-16H,1-3H3,(H,27,30)(H2,26,28,31). The molecule has 0 aliphatic rings. The van der Waals surface area contributed by atoms with Crippen molar-refractivity contribution in [1.29, 1.82) is 0 Å². The quantitative estimate of drug-likeness (QED) is 0.464. The normalized spacial score (nSPS) is 11.4. The van der Waals surface area contributed by atoms with Crippen LogP contribution in [0.15, 0.2) is 72.8 Å². The molecule has 0 fully saturated rings. The molecule has 3 N–H and O–H groups in total. The van der Waals surface area contributed by atoms with Crippen LogP contribution in [0, 0.1) is 5.82 Å². The lowest BCUT2D eigenvalue weighted by molar-refractivity contribution is 0.102. The Hall–Kier alpha value is -3.45. The third-order valence-electron chi connectivity index (χ3n) is 4.76. The summed E-state index contributed by atoms with van der Waals surface area (Å²) in [6.45, 7) is 1.95. The second kappa shape index (κ2) is 10.0. The molecule has 0 aliphatic heterocycles. The minimum absolute atomic E-state index is 0.0713. The van der Waals surface area contributed by atoms with Gasteiger partial charge in [-0.05, 0) is 85.4 Å². The summed E-state index contributed by atoms with van der Waals surface area (Å²) >= 11 is 5.36. The van der Waals surface area contributed by atoms with Crippen molar-refractivity contribution in [2.75, 3.05) is 29.6 Å². The summed E-state index contributed by atoms with van der Waals surface area (Å²) in [5.41, 5.74) is 4.03. The highest BCUT2D eigenvalue weighted by Gasteiger charge is 2.09. The van der Waals surface area contributed by atoms with Crippen molar-refractivity contribution in [1.82, 2.24) is 5.32 Å². The molecular weight excluding hydrogens is 411 g/mol. The minimum Gasteiger partial charge on any atom is -0.378 e. The first-order valence-electron chi connectivity index (χ1n) is 9.83. The van der Waals surface area contributed by atoms with Gasteiger partial charge in [0.25, 0.3) is 5.91 Å². The van der Waals surface area contributed by atoms with Gasteiger partial charge in [-0.1, -0.05) is 12.1 Å². The number of carbonyl (C=O) groups is 1. The van der Waals surface area contributed by atoms with Crippen molar-refractivity contribution in [3.05, 3.63) is 89.7 Å². The Bertz CT molecular complexity index is 1030. The van der Waals surface area contributed by atoms with Gasteiger partial charge in [0.1, 0.15) is 5.82 Å². The number of amides is 1. The summed E-state index contributed by atoms with van der Waals surface area (Å²) in [5, 5.41) is 9.62. The van der Waals surface area contributed by atoms with E-state index in [9.17, 15) is 9.18 Å². The highest BCUT2D eigenvalue weighted by molar-refractivity contribution is 7.80. The Morgan fingerprint density at radius 3 is 1.97 bits per heavy atom. The van der Waals surface area contributed by atoms with Crippen molar-refractivity contribution >= 4 is 40.3 Å². The fourth-order valence-electron chi connectivity index (χ4n) is 2.95. The molecule has 0 spiro atoms. The maximum Gasteiger partial charge on any atom is 0.255 e. The zero-order valence-corrected chi connectivity index (χ0v) is 18.5. The Morgan fingerprint density at radius 2 is 1.42 bits per heavy atom. The Morgan fingerprint density at radius 1 is 0.871 bits per heavy atom. The molecular formula is C24H25FN4OS. The molecule has 7 heteroatoms. The molecule has 5 nitrogen and oxygen atoms in total. The van der Waals surface area contributed by atoms with Crippen LogP contribution < -0.4 is 20.9 Å². The molecule has 3 aromatic rings. The zero-order chi connectivity index (χ0) is 22.4. The molecule has 0 aliphatic carbocycles. The molecule has 0 bridgehead atoms. The molecule has 0 radical (unpaired) electrons. The SMILES string of the molecule is CC(NC(=S)Nc1ccc(NC(=O)c2ccc(N(C)C)cc2)cc1)c1ccc(F)cc1. The number of nitrogens with zero attached hydrogens (tertiary/aromatic N) is 1. The van der Waals surface area contributed by atoms with Gasteiger partial charge < -0.3 is 20.9 Å². The van der Waals surface area contributed by atoms with Gasteiger partial charge >= 0.3 is 0 Å². The molecule has 3 rings (SSSR count). The van der Waals surface area contributed by atoms with Crippen LogP contribution in [0.1, 0.15) is 28.9 Å². The number of rotatable bonds is 6. The Labute approximate surface area is 187 Å². The summed E-state index contributed by atoms with van der Waals surface area (Å²) < 4.78 is 13.1. The molecule has 0 saturated carbocycles. The van der Waals surface area contributed by atoms with Crippen molar-refractivity contribution in [3.63, 3.8) is 0 Å². The fourth-order valence-corrected chi connectivity index (χ4v) is 3.24. The van der Waals surface area contributed by atoms with Gasteiger partial charge in [0.2, 0.25) is 0 Å². The smallest absolute Gasteiger partial charge is 0.255 e. The van der Waals surface area contributed by atoms with Gasteiger partial charge in [0.05, 0.1) is 6.04 Å². The molecule has 1 unspecified atom stereocenters. The number of carbonyl (C=O) groups excluding carboxylic acids is 1. The average Bonchev–Trinajstić information content (AvgIpc) is 2.75. The summed E-state index contributed by atoms with van der Waals surface area (Å²) in [4.78, 5) is 14.4. The number of thiocarbonyl (C=S) groups is 1. The summed E-state index contributed by atoms with van der Waals surface area (Å²) in [5.74, 6) is -0.439. The van der Waals surface area contributed by atoms with E-state index >= 15 is 0 Å². The molecule has 31 heavy (non-hydrogen) atoms. The first kappa shape index (κ1) is 22.2. The number of halogens is 1. The van der Waals surface area contributed by atoms with Crippen LogP contribution in [-0.2, 0) is 0 Å². The third kappa shape index (κ3) is 6.26. The summed E-state index contributed by atoms with van der Waals surface area (Å²) in [6.07, 6.45) is 0. The first-order valence-corrected chi connectivity index (χ1v) is 10.2. The molecule has 0 heterocycles. The predicted molar refractivity (Wildman–Crippen MR) is 129 cm³/mol. The second-order valence-electron chi connectivity index (χ2n) is 7.34. The summed E-state index contributed by atoms with van der Waals surface area (Å²) in [7, 11) is 3.91. The van der Waals surface area contributed by atoms with Crippen molar-refractivity contribution in [2.45, 2.75) is 13.0 Å². The highest BCUT2D eigenvalue weighted by atomic mass is 32.1. The van der Waals surface area contributed by atoms with Crippen LogP contribution in [0.4, 0.5) is 21.5 Å². The van der Waals surface area contributed by atoms with Crippen LogP contribution in [-0.4, -0.2) is 25.1 Å². The third-order valence-corrected chi connectivity index (χ3v) is 4.98. The Balaban J connectivity index is 1.54. The number of benzene rings is 3. The van der Waals surface area contributed by atoms with E-state index < -0.39 is 0 Å². The van der Waals surface area contributed by atoms with Gasteiger partial charge in [-0.25, -0.2) is 4.39 Å². The van der Waals surface area contributed by atoms with Crippen LogP contribution >= 0.6 is 12.2 Å². The van der Waals surface area contributed by atoms with E-state index in [0.717, 1.165) is 16.9 Å². The van der Waals surface area contributed by atoms with E-state index in [2.05, 4.69) is 16.0 Å². The second-order valence-corrected chi connectivity index (χ2v) is 7.75. The van der Waals surface area contributed by atoms with Crippen molar-refractivity contribution < 1.29 is 9.18 Å². The molecule has 0 saturated heterocycles. The maximum absolute atomic E-state index is 13.1. The van der Waals surface area contributed by atoms with Gasteiger partial charge in [-0.2, -0.15) is 0 Å². The number of nitrogens with one attached hydrogen (secondary N) is 3. The molecule has 0 aromatic heterocycles. The lowest BCUT2D eigenvalue weighted by Gasteiger charge is -2.17. The molecule has 1 amide bonds. The lowest BCUT2D eigenvalue weighted by Crippen LogP contribution is -2.30. The van der Waals surface area contributed by atoms with Gasteiger partial charge in [-0.15, -0.1) is 0 Å². The zero-order valence-electron chi connectivity index (χ0n) is 17.6. The van der Waals surface area contributed by atoms with E-state index in [1.807, 2.05) is 50.2 Å². The minimum atomic E-state index is -0.269. The molecule has 1 atom stereocenters. The maximum atomic E-state index is 13.1. The van der Waals surface area contributed by atoms with E-state index in [1.165, 1.54) is 12.1 Å². The monoisotopic (exact) mass is 436 g/mol. The van der Waals surface area contributed by atoms with E-state index in [0.29, 0.717) is 16.4 Å². The highest BCUT2D eigenvalue weighted by Crippen LogP contribution is 2.17. The van der Waals surface area contributed by atoms with Crippen molar-refractivity contribution in [3.8, 4) is 0 Å². The largest absolute Gasteiger partial charge is 0.378 e. The summed E-state index contributed by atoms with van der Waals surface area (Å²) in [6, 6.07) is 20.9.